The Bertz CT molecular complexity index is 463. The van der Waals surface area contributed by atoms with E-state index in [-0.39, 0.29) is 5.92 Å². The minimum absolute atomic E-state index is 0.0536. The van der Waals surface area contributed by atoms with Gasteiger partial charge in [0.05, 0.1) is 0 Å². The van der Waals surface area contributed by atoms with Gasteiger partial charge in [0.1, 0.15) is 18.8 Å². The molecule has 9 heteroatoms. The van der Waals surface area contributed by atoms with Crippen LogP contribution in [0.4, 0.5) is 18.0 Å². The molecule has 1 fully saturated rings. The zero-order valence-electron chi connectivity index (χ0n) is 15.2. The average Bonchev–Trinajstić information content (AvgIpc) is 2.44. The van der Waals surface area contributed by atoms with E-state index in [0.717, 1.165) is 12.8 Å². The van der Waals surface area contributed by atoms with Crippen molar-refractivity contribution in [2.75, 3.05) is 39.9 Å². The number of carbonyl (C=O) groups is 2. The van der Waals surface area contributed by atoms with Crippen molar-refractivity contribution in [3.8, 4) is 0 Å². The number of piperidine rings is 1. The fourth-order valence-corrected chi connectivity index (χ4v) is 2.59. The van der Waals surface area contributed by atoms with Gasteiger partial charge in [0.25, 0.3) is 0 Å². The van der Waals surface area contributed by atoms with Crippen LogP contribution in [0, 0.1) is 5.92 Å². The SMILES string of the molecule is CN(CC1CCCN(C(=O)COCC(F)(F)F)C1)C(=O)OC(C)(C)C. The summed E-state index contributed by atoms with van der Waals surface area (Å²) in [4.78, 5) is 26.9. The smallest absolute Gasteiger partial charge is 0.411 e. The quantitative estimate of drug-likeness (QED) is 0.749. The number of ether oxygens (including phenoxy) is 2. The van der Waals surface area contributed by atoms with E-state index in [1.54, 1.807) is 27.8 Å². The Morgan fingerprint density at radius 1 is 1.24 bits per heavy atom. The van der Waals surface area contributed by atoms with E-state index in [0.29, 0.717) is 19.6 Å². The van der Waals surface area contributed by atoms with Gasteiger partial charge in [0.15, 0.2) is 0 Å². The summed E-state index contributed by atoms with van der Waals surface area (Å²) in [5, 5.41) is 0. The largest absolute Gasteiger partial charge is 0.444 e. The normalized spacial score (nSPS) is 18.8. The molecule has 0 aliphatic carbocycles. The molecule has 25 heavy (non-hydrogen) atoms. The number of halogens is 3. The molecule has 0 bridgehead atoms. The van der Waals surface area contributed by atoms with Gasteiger partial charge in [-0.15, -0.1) is 0 Å². The predicted molar refractivity (Wildman–Crippen MR) is 85.0 cm³/mol. The summed E-state index contributed by atoms with van der Waals surface area (Å²) in [5.41, 5.74) is -0.588. The maximum absolute atomic E-state index is 12.0. The van der Waals surface area contributed by atoms with Crippen molar-refractivity contribution >= 4 is 12.0 Å². The van der Waals surface area contributed by atoms with Gasteiger partial charge >= 0.3 is 12.3 Å². The van der Waals surface area contributed by atoms with Crippen LogP contribution in [0.25, 0.3) is 0 Å². The van der Waals surface area contributed by atoms with Gasteiger partial charge in [-0.25, -0.2) is 4.79 Å². The molecule has 1 rings (SSSR count). The van der Waals surface area contributed by atoms with Crippen LogP contribution in [0.1, 0.15) is 33.6 Å². The summed E-state index contributed by atoms with van der Waals surface area (Å²) in [7, 11) is 1.63. The highest BCUT2D eigenvalue weighted by Crippen LogP contribution is 2.19. The molecule has 1 aliphatic heterocycles. The van der Waals surface area contributed by atoms with Crippen molar-refractivity contribution < 1.29 is 32.2 Å². The van der Waals surface area contributed by atoms with Crippen LogP contribution in [0.15, 0.2) is 0 Å². The summed E-state index contributed by atoms with van der Waals surface area (Å²) in [6, 6.07) is 0. The molecule has 1 aliphatic rings. The standard InChI is InChI=1S/C16H27F3N2O4/c1-15(2,3)25-14(23)20(4)8-12-6-5-7-21(9-12)13(22)10-24-11-16(17,18)19/h12H,5-11H2,1-4H3. The Hall–Kier alpha value is -1.51. The lowest BCUT2D eigenvalue weighted by Gasteiger charge is -2.35. The third kappa shape index (κ3) is 8.94. The van der Waals surface area contributed by atoms with Gasteiger partial charge in [-0.2, -0.15) is 13.2 Å². The summed E-state index contributed by atoms with van der Waals surface area (Å²) < 4.78 is 45.8. The number of nitrogens with zero attached hydrogens (tertiary/aromatic N) is 2. The fourth-order valence-electron chi connectivity index (χ4n) is 2.59. The number of rotatable bonds is 5. The lowest BCUT2D eigenvalue weighted by molar-refractivity contribution is -0.178. The first kappa shape index (κ1) is 21.5. The molecule has 2 amide bonds. The number of carbonyl (C=O) groups excluding carboxylic acids is 2. The molecule has 0 aromatic rings. The average molecular weight is 368 g/mol. The Labute approximate surface area is 146 Å². The minimum Gasteiger partial charge on any atom is -0.444 e. The van der Waals surface area contributed by atoms with E-state index in [2.05, 4.69) is 4.74 Å². The second-order valence-corrected chi connectivity index (χ2v) is 7.32. The Kier molecular flexibility index (Phi) is 7.52. The van der Waals surface area contributed by atoms with Crippen LogP contribution >= 0.6 is 0 Å². The van der Waals surface area contributed by atoms with Crippen LogP contribution in [-0.2, 0) is 14.3 Å². The third-order valence-electron chi connectivity index (χ3n) is 3.60. The van der Waals surface area contributed by atoms with Crippen molar-refractivity contribution in [1.82, 2.24) is 9.80 Å². The molecule has 0 aromatic heterocycles. The molecule has 146 valence electrons. The Balaban J connectivity index is 2.43. The second kappa shape index (κ2) is 8.73. The lowest BCUT2D eigenvalue weighted by atomic mass is 9.97. The number of alkyl halides is 3. The summed E-state index contributed by atoms with van der Waals surface area (Å²) >= 11 is 0. The molecule has 0 N–H and O–H groups in total. The maximum Gasteiger partial charge on any atom is 0.411 e. The highest BCUT2D eigenvalue weighted by molar-refractivity contribution is 5.77. The molecule has 0 saturated carbocycles. The number of amides is 2. The van der Waals surface area contributed by atoms with E-state index in [1.807, 2.05) is 0 Å². The van der Waals surface area contributed by atoms with Crippen molar-refractivity contribution in [3.05, 3.63) is 0 Å². The van der Waals surface area contributed by atoms with Gasteiger partial charge < -0.3 is 19.3 Å². The van der Waals surface area contributed by atoms with Gasteiger partial charge in [-0.05, 0) is 39.5 Å². The first-order chi connectivity index (χ1) is 11.4. The summed E-state index contributed by atoms with van der Waals surface area (Å²) in [6.07, 6.45) is -3.32. The molecular formula is C16H27F3N2O4. The van der Waals surface area contributed by atoms with Crippen LogP contribution in [0.3, 0.4) is 0 Å². The number of likely N-dealkylation sites (tertiary alicyclic amines) is 1. The number of hydrogen-bond acceptors (Lipinski definition) is 4. The Morgan fingerprint density at radius 3 is 2.44 bits per heavy atom. The van der Waals surface area contributed by atoms with Crippen molar-refractivity contribution in [1.29, 1.82) is 0 Å². The van der Waals surface area contributed by atoms with Crippen molar-refractivity contribution in [2.24, 2.45) is 5.92 Å². The van der Waals surface area contributed by atoms with E-state index >= 15 is 0 Å². The molecule has 0 aromatic carbocycles. The van der Waals surface area contributed by atoms with Crippen LogP contribution in [0.5, 0.6) is 0 Å². The second-order valence-electron chi connectivity index (χ2n) is 7.32. The van der Waals surface area contributed by atoms with E-state index in [1.165, 1.54) is 9.80 Å². The molecule has 1 saturated heterocycles. The molecule has 1 heterocycles. The number of hydrogen-bond donors (Lipinski definition) is 0. The van der Waals surface area contributed by atoms with E-state index in [9.17, 15) is 22.8 Å². The molecular weight excluding hydrogens is 341 g/mol. The van der Waals surface area contributed by atoms with Gasteiger partial charge in [0, 0.05) is 26.7 Å². The topological polar surface area (TPSA) is 59.1 Å². The molecule has 6 nitrogen and oxygen atoms in total. The highest BCUT2D eigenvalue weighted by atomic mass is 19.4. The van der Waals surface area contributed by atoms with Gasteiger partial charge in [-0.1, -0.05) is 0 Å². The molecule has 0 radical (unpaired) electrons. The zero-order chi connectivity index (χ0) is 19.3. The molecule has 1 unspecified atom stereocenters. The summed E-state index contributed by atoms with van der Waals surface area (Å²) in [5.74, 6) is -0.410. The van der Waals surface area contributed by atoms with Crippen LogP contribution in [-0.4, -0.2) is 73.5 Å². The Morgan fingerprint density at radius 2 is 1.88 bits per heavy atom. The molecule has 1 atom stereocenters. The third-order valence-corrected chi connectivity index (χ3v) is 3.60. The maximum atomic E-state index is 12.0. The predicted octanol–water partition coefficient (Wildman–Crippen LogP) is 2.67. The first-order valence-electron chi connectivity index (χ1n) is 8.24. The van der Waals surface area contributed by atoms with Crippen LogP contribution < -0.4 is 0 Å². The van der Waals surface area contributed by atoms with Crippen molar-refractivity contribution in [3.63, 3.8) is 0 Å². The summed E-state index contributed by atoms with van der Waals surface area (Å²) in [6.45, 7) is 4.61. The molecule has 0 spiro atoms. The van der Waals surface area contributed by atoms with Crippen LogP contribution in [0.2, 0.25) is 0 Å². The minimum atomic E-state index is -4.44. The monoisotopic (exact) mass is 368 g/mol. The van der Waals surface area contributed by atoms with E-state index in [4.69, 9.17) is 4.74 Å². The van der Waals surface area contributed by atoms with Gasteiger partial charge in [0.2, 0.25) is 5.91 Å². The first-order valence-corrected chi connectivity index (χ1v) is 8.24. The highest BCUT2D eigenvalue weighted by Gasteiger charge is 2.30. The lowest BCUT2D eigenvalue weighted by Crippen LogP contribution is -2.46. The van der Waals surface area contributed by atoms with E-state index < -0.39 is 37.0 Å². The fraction of sp³-hybridized carbons (Fsp3) is 0.875. The zero-order valence-corrected chi connectivity index (χ0v) is 15.2. The van der Waals surface area contributed by atoms with Gasteiger partial charge in [-0.3, -0.25) is 4.79 Å². The van der Waals surface area contributed by atoms with Crippen molar-refractivity contribution in [2.45, 2.75) is 45.4 Å².